The maximum absolute atomic E-state index is 12.6. The number of hydrogen-bond donors (Lipinski definition) is 1. The van der Waals surface area contributed by atoms with Crippen LogP contribution in [0, 0.1) is 5.92 Å². The molecule has 29 heavy (non-hydrogen) atoms. The van der Waals surface area contributed by atoms with Gasteiger partial charge in [0.05, 0.1) is 0 Å². The van der Waals surface area contributed by atoms with Gasteiger partial charge in [-0.25, -0.2) is 0 Å². The van der Waals surface area contributed by atoms with Crippen LogP contribution in [0.1, 0.15) is 28.8 Å². The van der Waals surface area contributed by atoms with Gasteiger partial charge in [0.25, 0.3) is 5.91 Å². The summed E-state index contributed by atoms with van der Waals surface area (Å²) in [5.74, 6) is 0.532. The molecule has 3 nitrogen and oxygen atoms in total. The molecule has 1 atom stereocenters. The van der Waals surface area contributed by atoms with E-state index in [-0.39, 0.29) is 5.91 Å². The van der Waals surface area contributed by atoms with E-state index in [1.165, 1.54) is 24.0 Å². The van der Waals surface area contributed by atoms with Gasteiger partial charge in [-0.3, -0.25) is 9.69 Å². The Morgan fingerprint density at radius 2 is 1.52 bits per heavy atom. The summed E-state index contributed by atoms with van der Waals surface area (Å²) in [5.41, 5.74) is 4.38. The fourth-order valence-electron chi connectivity index (χ4n) is 4.09. The van der Waals surface area contributed by atoms with Crippen molar-refractivity contribution in [1.29, 1.82) is 0 Å². The lowest BCUT2D eigenvalue weighted by Crippen LogP contribution is -2.40. The predicted molar refractivity (Wildman–Crippen MR) is 119 cm³/mol. The molecule has 1 N–H and O–H groups in total. The third-order valence-electron chi connectivity index (χ3n) is 5.66. The summed E-state index contributed by atoms with van der Waals surface area (Å²) in [7, 11) is 0. The first-order valence-corrected chi connectivity index (χ1v) is 10.5. The zero-order chi connectivity index (χ0) is 19.9. The minimum Gasteiger partial charge on any atom is -0.352 e. The van der Waals surface area contributed by atoms with Crippen LogP contribution in [0.3, 0.4) is 0 Å². The number of benzene rings is 3. The Bertz CT molecular complexity index is 906. The average Bonchev–Trinajstić information content (AvgIpc) is 2.79. The maximum Gasteiger partial charge on any atom is 0.251 e. The van der Waals surface area contributed by atoms with Crippen LogP contribution in [-0.2, 0) is 6.54 Å². The molecule has 148 valence electrons. The van der Waals surface area contributed by atoms with E-state index in [9.17, 15) is 4.79 Å². The van der Waals surface area contributed by atoms with Crippen LogP contribution in [0.4, 0.5) is 0 Å². The van der Waals surface area contributed by atoms with E-state index in [1.54, 1.807) is 0 Å². The fraction of sp³-hybridized carbons (Fsp3) is 0.269. The van der Waals surface area contributed by atoms with Gasteiger partial charge in [-0.1, -0.05) is 72.8 Å². The van der Waals surface area contributed by atoms with Crippen molar-refractivity contribution in [3.8, 4) is 11.1 Å². The van der Waals surface area contributed by atoms with E-state index in [1.807, 2.05) is 42.5 Å². The van der Waals surface area contributed by atoms with Crippen LogP contribution in [0.2, 0.25) is 0 Å². The SMILES string of the molecule is O=C(NCC1CCCN(Cc2ccccc2)C1)c1ccc(-c2ccccc2)cc1. The molecule has 0 radical (unpaired) electrons. The highest BCUT2D eigenvalue weighted by Crippen LogP contribution is 2.20. The number of nitrogens with one attached hydrogen (secondary N) is 1. The Morgan fingerprint density at radius 3 is 2.24 bits per heavy atom. The van der Waals surface area contributed by atoms with Gasteiger partial charge in [-0.05, 0) is 54.1 Å². The number of rotatable bonds is 6. The monoisotopic (exact) mass is 384 g/mol. The second-order valence-corrected chi connectivity index (χ2v) is 7.88. The average molecular weight is 385 g/mol. The number of piperidine rings is 1. The van der Waals surface area contributed by atoms with Crippen LogP contribution in [0.25, 0.3) is 11.1 Å². The number of carbonyl (C=O) groups excluding carboxylic acids is 1. The van der Waals surface area contributed by atoms with Crippen molar-refractivity contribution in [1.82, 2.24) is 10.2 Å². The smallest absolute Gasteiger partial charge is 0.251 e. The zero-order valence-electron chi connectivity index (χ0n) is 16.8. The minimum atomic E-state index is 0.0183. The normalized spacial score (nSPS) is 17.0. The Hall–Kier alpha value is -2.91. The van der Waals surface area contributed by atoms with Gasteiger partial charge < -0.3 is 5.32 Å². The summed E-state index contributed by atoms with van der Waals surface area (Å²) in [4.78, 5) is 15.1. The predicted octanol–water partition coefficient (Wildman–Crippen LogP) is 5.00. The molecule has 3 aromatic carbocycles. The molecule has 1 amide bonds. The summed E-state index contributed by atoms with van der Waals surface area (Å²) in [6.07, 6.45) is 2.37. The number of hydrogen-bond acceptors (Lipinski definition) is 2. The number of likely N-dealkylation sites (tertiary alicyclic amines) is 1. The van der Waals surface area contributed by atoms with Gasteiger partial charge in [0, 0.05) is 25.2 Å². The van der Waals surface area contributed by atoms with E-state index in [2.05, 4.69) is 52.7 Å². The molecule has 3 aromatic rings. The van der Waals surface area contributed by atoms with Crippen molar-refractivity contribution in [2.75, 3.05) is 19.6 Å². The molecular formula is C26H28N2O. The number of nitrogens with zero attached hydrogens (tertiary/aromatic N) is 1. The summed E-state index contributed by atoms with van der Waals surface area (Å²) in [6.45, 7) is 3.92. The first-order chi connectivity index (χ1) is 14.3. The van der Waals surface area contributed by atoms with Gasteiger partial charge in [0.15, 0.2) is 0 Å². The molecule has 0 aromatic heterocycles. The lowest BCUT2D eigenvalue weighted by Gasteiger charge is -2.32. The third-order valence-corrected chi connectivity index (χ3v) is 5.66. The third kappa shape index (κ3) is 5.33. The summed E-state index contributed by atoms with van der Waals surface area (Å²) in [6, 6.07) is 28.7. The molecule has 0 aliphatic carbocycles. The second-order valence-electron chi connectivity index (χ2n) is 7.88. The molecule has 0 saturated carbocycles. The Labute approximate surface area is 173 Å². The van der Waals surface area contributed by atoms with Crippen LogP contribution in [0.5, 0.6) is 0 Å². The molecule has 1 fully saturated rings. The van der Waals surface area contributed by atoms with Crippen molar-refractivity contribution >= 4 is 5.91 Å². The Morgan fingerprint density at radius 1 is 0.862 bits per heavy atom. The van der Waals surface area contributed by atoms with Gasteiger partial charge in [-0.2, -0.15) is 0 Å². The van der Waals surface area contributed by atoms with Gasteiger partial charge >= 0.3 is 0 Å². The zero-order valence-corrected chi connectivity index (χ0v) is 16.8. The topological polar surface area (TPSA) is 32.3 Å². The van der Waals surface area contributed by atoms with E-state index < -0.39 is 0 Å². The van der Waals surface area contributed by atoms with Crippen molar-refractivity contribution in [3.05, 3.63) is 96.1 Å². The van der Waals surface area contributed by atoms with Crippen molar-refractivity contribution < 1.29 is 4.79 Å². The highest BCUT2D eigenvalue weighted by molar-refractivity contribution is 5.94. The highest BCUT2D eigenvalue weighted by Gasteiger charge is 2.20. The van der Waals surface area contributed by atoms with Crippen molar-refractivity contribution in [2.24, 2.45) is 5.92 Å². The molecule has 0 bridgehead atoms. The van der Waals surface area contributed by atoms with Crippen LogP contribution < -0.4 is 5.32 Å². The van der Waals surface area contributed by atoms with E-state index in [4.69, 9.17) is 0 Å². The summed E-state index contributed by atoms with van der Waals surface area (Å²) < 4.78 is 0. The summed E-state index contributed by atoms with van der Waals surface area (Å²) in [5, 5.41) is 3.15. The minimum absolute atomic E-state index is 0.0183. The lowest BCUT2D eigenvalue weighted by molar-refractivity contribution is 0.0930. The molecule has 0 spiro atoms. The molecule has 3 heteroatoms. The highest BCUT2D eigenvalue weighted by atomic mass is 16.1. The van der Waals surface area contributed by atoms with E-state index >= 15 is 0 Å². The first-order valence-electron chi connectivity index (χ1n) is 10.5. The van der Waals surface area contributed by atoms with Gasteiger partial charge in [0.2, 0.25) is 0 Å². The molecule has 1 unspecified atom stereocenters. The lowest BCUT2D eigenvalue weighted by atomic mass is 9.97. The standard InChI is InChI=1S/C26H28N2O/c29-26(25-15-13-24(14-16-25)23-11-5-2-6-12-23)27-18-22-10-7-17-28(20-22)19-21-8-3-1-4-9-21/h1-6,8-9,11-16,22H,7,10,17-20H2,(H,27,29). The summed E-state index contributed by atoms with van der Waals surface area (Å²) >= 11 is 0. The van der Waals surface area contributed by atoms with Crippen LogP contribution in [-0.4, -0.2) is 30.4 Å². The molecule has 1 saturated heterocycles. The number of carbonyl (C=O) groups is 1. The molecular weight excluding hydrogens is 356 g/mol. The first kappa shape index (κ1) is 19.4. The second kappa shape index (κ2) is 9.53. The Kier molecular flexibility index (Phi) is 6.38. The molecule has 1 aliphatic heterocycles. The largest absolute Gasteiger partial charge is 0.352 e. The molecule has 4 rings (SSSR count). The molecule has 1 aliphatic rings. The number of amides is 1. The van der Waals surface area contributed by atoms with Crippen LogP contribution in [0.15, 0.2) is 84.9 Å². The Balaban J connectivity index is 1.29. The van der Waals surface area contributed by atoms with E-state index in [0.717, 1.165) is 37.3 Å². The van der Waals surface area contributed by atoms with Gasteiger partial charge in [0.1, 0.15) is 0 Å². The van der Waals surface area contributed by atoms with Crippen molar-refractivity contribution in [2.45, 2.75) is 19.4 Å². The van der Waals surface area contributed by atoms with Crippen LogP contribution >= 0.6 is 0 Å². The fourth-order valence-corrected chi connectivity index (χ4v) is 4.09. The maximum atomic E-state index is 12.6. The van der Waals surface area contributed by atoms with Crippen molar-refractivity contribution in [3.63, 3.8) is 0 Å². The van der Waals surface area contributed by atoms with Gasteiger partial charge in [-0.15, -0.1) is 0 Å². The van der Waals surface area contributed by atoms with E-state index in [0.29, 0.717) is 5.92 Å². The molecule has 1 heterocycles. The quantitative estimate of drug-likeness (QED) is 0.649.